The van der Waals surface area contributed by atoms with Crippen LogP contribution in [-0.4, -0.2) is 21.2 Å². The average Bonchev–Trinajstić information content (AvgIpc) is 2.91. The van der Waals surface area contributed by atoms with Crippen LogP contribution in [0, 0.1) is 6.92 Å². The lowest BCUT2D eigenvalue weighted by Crippen LogP contribution is -2.08. The summed E-state index contributed by atoms with van der Waals surface area (Å²) in [6, 6.07) is 1.76. The molecule has 0 atom stereocenters. The second-order valence-corrected chi connectivity index (χ2v) is 6.44. The van der Waals surface area contributed by atoms with Crippen molar-refractivity contribution < 1.29 is 19.2 Å². The fourth-order valence-electron chi connectivity index (χ4n) is 1.54. The third-order valence-corrected chi connectivity index (χ3v) is 4.08. The summed E-state index contributed by atoms with van der Waals surface area (Å²) in [6.45, 7) is 7.83. The minimum atomic E-state index is -0.998. The van der Waals surface area contributed by atoms with Gasteiger partial charge < -0.3 is 14.4 Å². The predicted molar refractivity (Wildman–Crippen MR) is 73.3 cm³/mol. The van der Waals surface area contributed by atoms with Gasteiger partial charge in [-0.25, -0.2) is 4.79 Å². The summed E-state index contributed by atoms with van der Waals surface area (Å²) >= 11 is 1.22. The van der Waals surface area contributed by atoms with Crippen LogP contribution < -0.4 is 4.74 Å². The average molecular weight is 296 g/mol. The van der Waals surface area contributed by atoms with Gasteiger partial charge >= 0.3 is 5.97 Å². The van der Waals surface area contributed by atoms with Crippen molar-refractivity contribution in [1.82, 2.24) is 10.1 Å². The van der Waals surface area contributed by atoms with E-state index in [1.165, 1.54) is 11.3 Å². The maximum atomic E-state index is 11.3. The topological polar surface area (TPSA) is 85.5 Å². The van der Waals surface area contributed by atoms with Gasteiger partial charge in [0.15, 0.2) is 17.3 Å². The Morgan fingerprint density at radius 3 is 2.70 bits per heavy atom. The van der Waals surface area contributed by atoms with E-state index < -0.39 is 5.97 Å². The molecule has 1 N–H and O–H groups in total. The molecule has 7 heteroatoms. The zero-order valence-corrected chi connectivity index (χ0v) is 12.6. The van der Waals surface area contributed by atoms with Gasteiger partial charge in [-0.05, 0) is 18.4 Å². The van der Waals surface area contributed by atoms with Gasteiger partial charge in [-0.3, -0.25) is 0 Å². The van der Waals surface area contributed by atoms with Crippen molar-refractivity contribution in [2.24, 2.45) is 0 Å². The van der Waals surface area contributed by atoms with Crippen LogP contribution in [0.2, 0.25) is 0 Å². The molecule has 2 aromatic heterocycles. The molecule has 0 bridgehead atoms. The summed E-state index contributed by atoms with van der Waals surface area (Å²) in [4.78, 5) is 16.4. The van der Waals surface area contributed by atoms with Gasteiger partial charge in [0.25, 0.3) is 5.89 Å². The molecule has 0 aliphatic carbocycles. The van der Waals surface area contributed by atoms with E-state index in [0.717, 1.165) is 4.88 Å². The SMILES string of the molecule is Cc1noc(COc2cc(C(C)(C)C)sc2C(=O)O)n1. The Hall–Kier alpha value is -1.89. The molecule has 108 valence electrons. The molecule has 0 spiro atoms. The summed E-state index contributed by atoms with van der Waals surface area (Å²) in [5.74, 6) is 0.176. The van der Waals surface area contributed by atoms with E-state index in [-0.39, 0.29) is 16.9 Å². The third kappa shape index (κ3) is 3.16. The first-order valence-corrected chi connectivity index (χ1v) is 6.88. The Morgan fingerprint density at radius 1 is 1.50 bits per heavy atom. The largest absolute Gasteiger partial charge is 0.482 e. The quantitative estimate of drug-likeness (QED) is 0.933. The molecule has 6 nitrogen and oxygen atoms in total. The van der Waals surface area contributed by atoms with E-state index in [1.54, 1.807) is 13.0 Å². The standard InChI is InChI=1S/C13H16N2O4S/c1-7-14-10(19-15-7)6-18-8-5-9(13(2,3)4)20-11(8)12(16)17/h5H,6H2,1-4H3,(H,16,17). The first-order valence-electron chi connectivity index (χ1n) is 6.07. The second-order valence-electron chi connectivity index (χ2n) is 5.38. The number of aromatic carboxylic acids is 1. The fourth-order valence-corrected chi connectivity index (χ4v) is 2.54. The summed E-state index contributed by atoms with van der Waals surface area (Å²) in [7, 11) is 0. The number of aryl methyl sites for hydroxylation is 1. The zero-order chi connectivity index (χ0) is 14.9. The van der Waals surface area contributed by atoms with Crippen LogP contribution in [0.3, 0.4) is 0 Å². The Kier molecular flexibility index (Phi) is 3.80. The number of hydrogen-bond donors (Lipinski definition) is 1. The van der Waals surface area contributed by atoms with E-state index in [1.807, 2.05) is 20.8 Å². The molecule has 0 radical (unpaired) electrons. The van der Waals surface area contributed by atoms with Crippen molar-refractivity contribution >= 4 is 17.3 Å². The molecule has 0 saturated carbocycles. The van der Waals surface area contributed by atoms with Crippen LogP contribution in [-0.2, 0) is 12.0 Å². The molecule has 0 unspecified atom stereocenters. The highest BCUT2D eigenvalue weighted by atomic mass is 32.1. The number of ether oxygens (including phenoxy) is 1. The Balaban J connectivity index is 2.21. The van der Waals surface area contributed by atoms with E-state index in [0.29, 0.717) is 17.5 Å². The van der Waals surface area contributed by atoms with E-state index >= 15 is 0 Å². The minimum absolute atomic E-state index is 0.0570. The summed E-state index contributed by atoms with van der Waals surface area (Å²) < 4.78 is 10.4. The molecule has 20 heavy (non-hydrogen) atoms. The lowest BCUT2D eigenvalue weighted by atomic mass is 9.95. The molecule has 2 heterocycles. The van der Waals surface area contributed by atoms with Crippen molar-refractivity contribution in [2.45, 2.75) is 39.7 Å². The zero-order valence-electron chi connectivity index (χ0n) is 11.8. The number of aromatic nitrogens is 2. The number of thiophene rings is 1. The number of carbonyl (C=O) groups is 1. The smallest absolute Gasteiger partial charge is 0.349 e. The number of carboxylic acid groups (broad SMARTS) is 1. The van der Waals surface area contributed by atoms with E-state index in [4.69, 9.17) is 9.26 Å². The monoisotopic (exact) mass is 296 g/mol. The molecule has 0 saturated heterocycles. The first-order chi connectivity index (χ1) is 9.27. The number of hydrogen-bond acceptors (Lipinski definition) is 6. The maximum absolute atomic E-state index is 11.3. The van der Waals surface area contributed by atoms with Crippen molar-refractivity contribution in [3.63, 3.8) is 0 Å². The van der Waals surface area contributed by atoms with Gasteiger partial charge in [0.2, 0.25) is 0 Å². The van der Waals surface area contributed by atoms with Crippen molar-refractivity contribution in [2.75, 3.05) is 0 Å². The molecule has 0 aromatic carbocycles. The van der Waals surface area contributed by atoms with Crippen LogP contribution in [0.15, 0.2) is 10.6 Å². The Morgan fingerprint density at radius 2 is 2.20 bits per heavy atom. The minimum Gasteiger partial charge on any atom is -0.482 e. The molecular formula is C13H16N2O4S. The van der Waals surface area contributed by atoms with Crippen LogP contribution >= 0.6 is 11.3 Å². The molecule has 2 rings (SSSR count). The second kappa shape index (κ2) is 5.24. The molecule has 0 aliphatic rings. The van der Waals surface area contributed by atoms with Crippen LogP contribution in [0.1, 0.15) is 47.0 Å². The highest BCUT2D eigenvalue weighted by Crippen LogP contribution is 2.37. The number of nitrogens with zero attached hydrogens (tertiary/aromatic N) is 2. The van der Waals surface area contributed by atoms with Crippen LogP contribution in [0.5, 0.6) is 5.75 Å². The van der Waals surface area contributed by atoms with Gasteiger partial charge in [-0.1, -0.05) is 25.9 Å². The molecular weight excluding hydrogens is 280 g/mol. The Labute approximate surface area is 120 Å². The third-order valence-electron chi connectivity index (χ3n) is 2.55. The molecule has 0 fully saturated rings. The number of carboxylic acids is 1. The molecule has 0 amide bonds. The summed E-state index contributed by atoms with van der Waals surface area (Å²) in [5.41, 5.74) is -0.127. The lowest BCUT2D eigenvalue weighted by Gasteiger charge is -2.14. The predicted octanol–water partition coefficient (Wildman–Crippen LogP) is 3.01. The fraction of sp³-hybridized carbons (Fsp3) is 0.462. The lowest BCUT2D eigenvalue weighted by molar-refractivity contribution is 0.0697. The van der Waals surface area contributed by atoms with Crippen LogP contribution in [0.4, 0.5) is 0 Å². The van der Waals surface area contributed by atoms with Gasteiger partial charge in [-0.2, -0.15) is 4.98 Å². The van der Waals surface area contributed by atoms with Crippen molar-refractivity contribution in [3.8, 4) is 5.75 Å². The maximum Gasteiger partial charge on any atom is 0.349 e. The van der Waals surface area contributed by atoms with Gasteiger partial charge in [-0.15, -0.1) is 11.3 Å². The normalized spacial score (nSPS) is 11.6. The summed E-state index contributed by atoms with van der Waals surface area (Å²) in [5, 5.41) is 12.9. The van der Waals surface area contributed by atoms with E-state index in [9.17, 15) is 9.90 Å². The van der Waals surface area contributed by atoms with Gasteiger partial charge in [0.05, 0.1) is 0 Å². The van der Waals surface area contributed by atoms with Gasteiger partial charge in [0, 0.05) is 4.88 Å². The Bertz CT molecular complexity index is 625. The highest BCUT2D eigenvalue weighted by molar-refractivity contribution is 7.14. The van der Waals surface area contributed by atoms with E-state index in [2.05, 4.69) is 10.1 Å². The van der Waals surface area contributed by atoms with Crippen molar-refractivity contribution in [3.05, 3.63) is 27.5 Å². The molecule has 0 aliphatic heterocycles. The first kappa shape index (κ1) is 14.5. The molecule has 2 aromatic rings. The van der Waals surface area contributed by atoms with Crippen LogP contribution in [0.25, 0.3) is 0 Å². The summed E-state index contributed by atoms with van der Waals surface area (Å²) in [6.07, 6.45) is 0. The number of rotatable bonds is 4. The highest BCUT2D eigenvalue weighted by Gasteiger charge is 2.24. The van der Waals surface area contributed by atoms with Crippen molar-refractivity contribution in [1.29, 1.82) is 0 Å². The van der Waals surface area contributed by atoms with Gasteiger partial charge in [0.1, 0.15) is 5.75 Å².